The molecule has 2 aromatic rings. The number of benzene rings is 1. The van der Waals surface area contributed by atoms with Crippen molar-refractivity contribution in [2.75, 3.05) is 33.0 Å². The molecule has 2 saturated heterocycles. The highest BCUT2D eigenvalue weighted by molar-refractivity contribution is 7.92. The van der Waals surface area contributed by atoms with Crippen molar-refractivity contribution >= 4 is 37.3 Å². The monoisotopic (exact) mass is 529 g/mol. The lowest BCUT2D eigenvalue weighted by molar-refractivity contribution is -0.201. The van der Waals surface area contributed by atoms with Crippen molar-refractivity contribution in [3.05, 3.63) is 28.8 Å². The van der Waals surface area contributed by atoms with Crippen LogP contribution in [0.4, 0.5) is 0 Å². The van der Waals surface area contributed by atoms with Crippen LogP contribution in [-0.4, -0.2) is 68.2 Å². The van der Waals surface area contributed by atoms with Gasteiger partial charge >= 0.3 is 0 Å². The molecule has 2 atom stereocenters. The number of nitrogens with one attached hydrogen (secondary N) is 1. The Hall–Kier alpha value is -2.47. The van der Waals surface area contributed by atoms with Crippen LogP contribution in [0.2, 0.25) is 0 Å². The zero-order chi connectivity index (χ0) is 25.8. The molecule has 3 heterocycles. The third kappa shape index (κ3) is 6.44. The molecule has 4 rings (SSSR count). The van der Waals surface area contributed by atoms with E-state index in [2.05, 4.69) is 46.1 Å². The lowest BCUT2D eigenvalue weighted by atomic mass is 10.0. The molecule has 36 heavy (non-hydrogen) atoms. The van der Waals surface area contributed by atoms with Crippen molar-refractivity contribution in [3.63, 3.8) is 0 Å². The first-order valence-electron chi connectivity index (χ1n) is 12.0. The Morgan fingerprint density at radius 3 is 2.83 bits per heavy atom. The van der Waals surface area contributed by atoms with Crippen molar-refractivity contribution in [1.82, 2.24) is 15.4 Å². The van der Waals surface area contributed by atoms with Crippen LogP contribution in [-0.2, 0) is 30.6 Å². The van der Waals surface area contributed by atoms with Crippen molar-refractivity contribution in [3.8, 4) is 23.7 Å². The van der Waals surface area contributed by atoms with Crippen LogP contribution in [0.25, 0.3) is 10.2 Å². The van der Waals surface area contributed by atoms with Crippen LogP contribution >= 0.6 is 11.3 Å². The molecular formula is C26H31N3O5S2. The summed E-state index contributed by atoms with van der Waals surface area (Å²) in [4.78, 5) is 25.1. The second-order valence-corrected chi connectivity index (χ2v) is 13.1. The number of aromatic nitrogens is 1. The zero-order valence-electron chi connectivity index (χ0n) is 20.8. The van der Waals surface area contributed by atoms with Crippen molar-refractivity contribution in [1.29, 1.82) is 0 Å². The van der Waals surface area contributed by atoms with E-state index in [9.17, 15) is 13.2 Å². The van der Waals surface area contributed by atoms with Crippen LogP contribution < -0.4 is 5.48 Å². The zero-order valence-corrected chi connectivity index (χ0v) is 22.4. The lowest BCUT2D eigenvalue weighted by Gasteiger charge is -2.32. The van der Waals surface area contributed by atoms with Gasteiger partial charge in [0.25, 0.3) is 5.91 Å². The Morgan fingerprint density at radius 1 is 1.33 bits per heavy atom. The molecule has 1 aromatic carbocycles. The minimum Gasteiger partial charge on any atom is -0.350 e. The van der Waals surface area contributed by atoms with E-state index in [0.29, 0.717) is 25.4 Å². The normalized spacial score (nSPS) is 20.4. The summed E-state index contributed by atoms with van der Waals surface area (Å²) in [5.74, 6) is 11.8. The minimum absolute atomic E-state index is 0.0744. The molecule has 1 unspecified atom stereocenters. The highest BCUT2D eigenvalue weighted by Crippen LogP contribution is 2.28. The number of hydroxylamine groups is 1. The lowest BCUT2D eigenvalue weighted by Crippen LogP contribution is -2.51. The maximum Gasteiger partial charge on any atom is 0.264 e. The van der Waals surface area contributed by atoms with Gasteiger partial charge in [0, 0.05) is 50.3 Å². The van der Waals surface area contributed by atoms with E-state index in [-0.39, 0.29) is 6.42 Å². The quantitative estimate of drug-likeness (QED) is 0.435. The fourth-order valence-corrected chi connectivity index (χ4v) is 5.89. The number of ether oxygens (including phenoxy) is 1. The van der Waals surface area contributed by atoms with Gasteiger partial charge in [0.05, 0.1) is 15.2 Å². The third-order valence-corrected chi connectivity index (χ3v) is 9.68. The van der Waals surface area contributed by atoms with Crippen molar-refractivity contribution in [2.45, 2.75) is 50.1 Å². The van der Waals surface area contributed by atoms with Crippen LogP contribution in [0, 0.1) is 29.6 Å². The third-order valence-electron chi connectivity index (χ3n) is 6.58. The predicted molar refractivity (Wildman–Crippen MR) is 140 cm³/mol. The Balaban J connectivity index is 1.40. The van der Waals surface area contributed by atoms with Gasteiger partial charge < -0.3 is 9.64 Å². The summed E-state index contributed by atoms with van der Waals surface area (Å²) in [6, 6.07) is 5.76. The first-order valence-corrected chi connectivity index (χ1v) is 14.7. The smallest absolute Gasteiger partial charge is 0.264 e. The first-order chi connectivity index (χ1) is 17.1. The van der Waals surface area contributed by atoms with E-state index < -0.39 is 26.8 Å². The molecule has 192 valence electrons. The van der Waals surface area contributed by atoms with Gasteiger partial charge in [-0.3, -0.25) is 4.79 Å². The fraction of sp³-hybridized carbons (Fsp3) is 0.538. The average Bonchev–Trinajstić information content (AvgIpc) is 3.24. The van der Waals surface area contributed by atoms with Gasteiger partial charge in [0.1, 0.15) is 4.75 Å². The molecule has 0 spiro atoms. The fourth-order valence-electron chi connectivity index (χ4n) is 4.03. The molecule has 2 aliphatic rings. The Labute approximate surface area is 216 Å². The molecular weight excluding hydrogens is 498 g/mol. The van der Waals surface area contributed by atoms with Gasteiger partial charge in [-0.05, 0) is 63.3 Å². The van der Waals surface area contributed by atoms with Crippen molar-refractivity contribution < 1.29 is 22.8 Å². The topological polar surface area (TPSA) is 97.8 Å². The summed E-state index contributed by atoms with van der Waals surface area (Å²) in [6.45, 7) is 3.96. The predicted octanol–water partition coefficient (Wildman–Crippen LogP) is 2.52. The maximum atomic E-state index is 12.9. The number of carbonyl (C=O) groups is 1. The van der Waals surface area contributed by atoms with Gasteiger partial charge in [-0.25, -0.2) is 23.7 Å². The summed E-state index contributed by atoms with van der Waals surface area (Å²) < 4.78 is 29.9. The summed E-state index contributed by atoms with van der Waals surface area (Å²) >= 11 is 1.47. The van der Waals surface area contributed by atoms with E-state index in [1.807, 2.05) is 18.2 Å². The standard InChI is InChI=1S/C26H31N3O5S2/c1-26(36(3,31)32,25(30)28-34-24-10-6-7-15-33-24)14-13-23-27-21-12-11-19(16-22(21)35-23)8-4-5-9-20-17-29(2)18-20/h11-12,16,20,24H,6-7,10,13-15,17-18H2,1-3H3,(H,28,30)/t24?,26-/m1/s1. The summed E-state index contributed by atoms with van der Waals surface area (Å²) in [5, 5.41) is 0.753. The summed E-state index contributed by atoms with van der Waals surface area (Å²) in [5.41, 5.74) is 3.98. The van der Waals surface area contributed by atoms with Crippen molar-refractivity contribution in [2.24, 2.45) is 5.92 Å². The number of carbonyl (C=O) groups excluding carboxylic acids is 1. The average molecular weight is 530 g/mol. The molecule has 1 amide bonds. The second-order valence-electron chi connectivity index (χ2n) is 9.58. The van der Waals surface area contributed by atoms with E-state index in [1.54, 1.807) is 0 Å². The SMILES string of the molecule is CN1CC(C#CC#Cc2ccc3nc(CC[C@](C)(C(=O)NOC4CCCCO4)S(C)(=O)=O)sc3c2)C1. The number of nitrogens with zero attached hydrogens (tertiary/aromatic N) is 2. The Kier molecular flexibility index (Phi) is 8.34. The van der Waals surface area contributed by atoms with Crippen LogP contribution in [0.15, 0.2) is 18.2 Å². The highest BCUT2D eigenvalue weighted by Gasteiger charge is 2.44. The first kappa shape index (κ1) is 26.6. The van der Waals surface area contributed by atoms with Gasteiger partial charge in [0.2, 0.25) is 0 Å². The summed E-state index contributed by atoms with van der Waals surface area (Å²) in [7, 11) is -1.66. The number of sulfone groups is 1. The van der Waals surface area contributed by atoms with Gasteiger partial charge in [-0.15, -0.1) is 11.3 Å². The van der Waals surface area contributed by atoms with E-state index in [4.69, 9.17) is 9.57 Å². The number of thiazole rings is 1. The molecule has 8 nitrogen and oxygen atoms in total. The highest BCUT2D eigenvalue weighted by atomic mass is 32.2. The number of rotatable bonds is 7. The number of fused-ring (bicyclic) bond motifs is 1. The molecule has 0 aliphatic carbocycles. The molecule has 2 aliphatic heterocycles. The molecule has 1 aromatic heterocycles. The van der Waals surface area contributed by atoms with Crippen LogP contribution in [0.1, 0.15) is 43.2 Å². The van der Waals surface area contributed by atoms with Gasteiger partial charge in [-0.2, -0.15) is 0 Å². The number of hydrogen-bond acceptors (Lipinski definition) is 8. The van der Waals surface area contributed by atoms with Crippen LogP contribution in [0.3, 0.4) is 0 Å². The number of aryl methyl sites for hydroxylation is 1. The molecule has 10 heteroatoms. The maximum absolute atomic E-state index is 12.9. The summed E-state index contributed by atoms with van der Waals surface area (Å²) in [6.07, 6.45) is 3.44. The number of hydrogen-bond donors (Lipinski definition) is 1. The van der Waals surface area contributed by atoms with E-state index >= 15 is 0 Å². The Bertz CT molecular complexity index is 1340. The number of likely N-dealkylation sites (tertiary alicyclic amines) is 1. The molecule has 0 saturated carbocycles. The van der Waals surface area contributed by atoms with E-state index in [0.717, 1.165) is 53.0 Å². The molecule has 1 N–H and O–H groups in total. The minimum atomic E-state index is -3.73. The molecule has 0 bridgehead atoms. The largest absolute Gasteiger partial charge is 0.350 e. The second kappa shape index (κ2) is 11.3. The Morgan fingerprint density at radius 2 is 2.14 bits per heavy atom. The van der Waals surface area contributed by atoms with Gasteiger partial charge in [-0.1, -0.05) is 11.8 Å². The van der Waals surface area contributed by atoms with Crippen LogP contribution in [0.5, 0.6) is 0 Å². The number of amides is 1. The molecule has 0 radical (unpaired) electrons. The molecule has 2 fully saturated rings. The van der Waals surface area contributed by atoms with E-state index in [1.165, 1.54) is 18.3 Å². The van der Waals surface area contributed by atoms with Gasteiger partial charge in [0.15, 0.2) is 16.1 Å².